The summed E-state index contributed by atoms with van der Waals surface area (Å²) in [6, 6.07) is 3.50. The Morgan fingerprint density at radius 1 is 1.67 bits per heavy atom. The van der Waals surface area contributed by atoms with Crippen LogP contribution in [0.4, 0.5) is 0 Å². The molecule has 80 valence electrons. The van der Waals surface area contributed by atoms with Crippen molar-refractivity contribution in [2.75, 3.05) is 13.7 Å². The highest BCUT2D eigenvalue weighted by Crippen LogP contribution is 2.25. The van der Waals surface area contributed by atoms with Crippen LogP contribution in [0.25, 0.3) is 0 Å². The maximum Gasteiger partial charge on any atom is 0.234 e. The molecule has 1 heterocycles. The molecule has 0 fully saturated rings. The number of methoxy groups -OCH3 is 1. The van der Waals surface area contributed by atoms with Crippen LogP contribution < -0.4 is 4.74 Å². The monoisotopic (exact) mass is 226 g/mol. The van der Waals surface area contributed by atoms with Crippen LogP contribution in [-0.2, 0) is 4.74 Å². The van der Waals surface area contributed by atoms with Gasteiger partial charge in [-0.05, 0) is 13.0 Å². The third kappa shape index (κ3) is 3.08. The lowest BCUT2D eigenvalue weighted by Crippen LogP contribution is -2.18. The number of pyridine rings is 1. The van der Waals surface area contributed by atoms with Gasteiger partial charge < -0.3 is 9.47 Å². The number of hydrogen-bond donors (Lipinski definition) is 0. The summed E-state index contributed by atoms with van der Waals surface area (Å²) in [6.45, 7) is 2.27. The molecular formula is C10H11ClN2O2. The lowest BCUT2D eigenvalue weighted by Gasteiger charge is -2.13. The molecule has 0 aliphatic rings. The molecule has 1 rings (SSSR count). The first kappa shape index (κ1) is 11.8. The molecule has 1 aromatic rings. The quantitative estimate of drug-likeness (QED) is 0.788. The SMILES string of the molecule is COCC(C)Oc1nccc(C#N)c1Cl. The van der Waals surface area contributed by atoms with Crippen LogP contribution in [0.5, 0.6) is 5.88 Å². The Balaban J connectivity index is 2.82. The molecule has 0 N–H and O–H groups in total. The zero-order chi connectivity index (χ0) is 11.3. The zero-order valence-electron chi connectivity index (χ0n) is 8.53. The highest BCUT2D eigenvalue weighted by Gasteiger charge is 2.11. The van der Waals surface area contributed by atoms with Crippen molar-refractivity contribution >= 4 is 11.6 Å². The molecule has 1 atom stereocenters. The van der Waals surface area contributed by atoms with Crippen molar-refractivity contribution in [2.45, 2.75) is 13.0 Å². The van der Waals surface area contributed by atoms with Crippen molar-refractivity contribution in [3.8, 4) is 11.9 Å². The average molecular weight is 227 g/mol. The largest absolute Gasteiger partial charge is 0.471 e. The van der Waals surface area contributed by atoms with Gasteiger partial charge in [-0.15, -0.1) is 0 Å². The zero-order valence-corrected chi connectivity index (χ0v) is 9.28. The van der Waals surface area contributed by atoms with E-state index in [1.165, 1.54) is 12.3 Å². The average Bonchev–Trinajstić information content (AvgIpc) is 2.21. The Morgan fingerprint density at radius 2 is 2.40 bits per heavy atom. The van der Waals surface area contributed by atoms with Crippen molar-refractivity contribution in [3.05, 3.63) is 22.8 Å². The summed E-state index contributed by atoms with van der Waals surface area (Å²) in [4.78, 5) is 3.95. The van der Waals surface area contributed by atoms with Gasteiger partial charge in [0.25, 0.3) is 0 Å². The highest BCUT2D eigenvalue weighted by molar-refractivity contribution is 6.32. The Morgan fingerprint density at radius 3 is 3.00 bits per heavy atom. The van der Waals surface area contributed by atoms with E-state index in [1.807, 2.05) is 13.0 Å². The molecule has 5 heteroatoms. The van der Waals surface area contributed by atoms with Crippen LogP contribution in [0, 0.1) is 11.3 Å². The van der Waals surface area contributed by atoms with E-state index in [0.717, 1.165) is 0 Å². The lowest BCUT2D eigenvalue weighted by molar-refractivity contribution is 0.0890. The number of ether oxygens (including phenoxy) is 2. The summed E-state index contributed by atoms with van der Waals surface area (Å²) in [5.74, 6) is 0.264. The van der Waals surface area contributed by atoms with Crippen molar-refractivity contribution in [2.24, 2.45) is 0 Å². The van der Waals surface area contributed by atoms with Crippen LogP contribution in [0.2, 0.25) is 5.02 Å². The van der Waals surface area contributed by atoms with Crippen LogP contribution >= 0.6 is 11.6 Å². The van der Waals surface area contributed by atoms with E-state index in [9.17, 15) is 0 Å². The Labute approximate surface area is 93.4 Å². The first-order valence-electron chi connectivity index (χ1n) is 4.39. The molecule has 4 nitrogen and oxygen atoms in total. The van der Waals surface area contributed by atoms with Gasteiger partial charge in [0.05, 0.1) is 12.2 Å². The lowest BCUT2D eigenvalue weighted by atomic mass is 10.3. The van der Waals surface area contributed by atoms with Crippen molar-refractivity contribution in [1.29, 1.82) is 5.26 Å². The minimum absolute atomic E-state index is 0.158. The topological polar surface area (TPSA) is 55.1 Å². The molecule has 0 radical (unpaired) electrons. The number of hydrogen-bond acceptors (Lipinski definition) is 4. The molecule has 1 aromatic heterocycles. The number of nitriles is 1. The highest BCUT2D eigenvalue weighted by atomic mass is 35.5. The second-order valence-corrected chi connectivity index (χ2v) is 3.35. The van der Waals surface area contributed by atoms with E-state index in [1.54, 1.807) is 7.11 Å². The molecule has 1 unspecified atom stereocenters. The summed E-state index contributed by atoms with van der Waals surface area (Å²) >= 11 is 5.90. The number of halogens is 1. The fourth-order valence-corrected chi connectivity index (χ4v) is 1.25. The van der Waals surface area contributed by atoms with E-state index in [2.05, 4.69) is 4.98 Å². The van der Waals surface area contributed by atoms with Crippen LogP contribution in [0.3, 0.4) is 0 Å². The third-order valence-electron chi connectivity index (χ3n) is 1.69. The van der Waals surface area contributed by atoms with E-state index in [-0.39, 0.29) is 17.0 Å². The standard InChI is InChI=1S/C10H11ClN2O2/c1-7(6-14-2)15-10-9(11)8(5-12)3-4-13-10/h3-4,7H,6H2,1-2H3. The van der Waals surface area contributed by atoms with E-state index in [0.29, 0.717) is 12.2 Å². The molecule has 0 saturated carbocycles. The minimum atomic E-state index is -0.158. The van der Waals surface area contributed by atoms with Gasteiger partial charge in [-0.25, -0.2) is 4.98 Å². The first-order chi connectivity index (χ1) is 7.19. The second-order valence-electron chi connectivity index (χ2n) is 2.97. The molecule has 0 aromatic carbocycles. The van der Waals surface area contributed by atoms with Gasteiger partial charge in [-0.1, -0.05) is 11.6 Å². The van der Waals surface area contributed by atoms with Gasteiger partial charge in [-0.3, -0.25) is 0 Å². The molecule has 15 heavy (non-hydrogen) atoms. The number of rotatable bonds is 4. The predicted molar refractivity (Wildman–Crippen MR) is 55.9 cm³/mol. The summed E-state index contributed by atoms with van der Waals surface area (Å²) in [6.07, 6.45) is 1.33. The summed E-state index contributed by atoms with van der Waals surface area (Å²) in [5.41, 5.74) is 0.353. The van der Waals surface area contributed by atoms with Crippen molar-refractivity contribution in [1.82, 2.24) is 4.98 Å². The predicted octanol–water partition coefficient (Wildman–Crippen LogP) is 2.02. The Hall–Kier alpha value is -1.31. The number of nitrogens with zero attached hydrogens (tertiary/aromatic N) is 2. The van der Waals surface area contributed by atoms with Crippen molar-refractivity contribution in [3.63, 3.8) is 0 Å². The molecule has 0 spiro atoms. The maximum atomic E-state index is 8.74. The van der Waals surface area contributed by atoms with Crippen LogP contribution in [0.1, 0.15) is 12.5 Å². The summed E-state index contributed by atoms with van der Waals surface area (Å²) in [5, 5.41) is 8.98. The molecule has 0 saturated heterocycles. The fraction of sp³-hybridized carbons (Fsp3) is 0.400. The molecule has 0 bridgehead atoms. The van der Waals surface area contributed by atoms with Gasteiger partial charge in [0.2, 0.25) is 5.88 Å². The van der Waals surface area contributed by atoms with Gasteiger partial charge in [0.1, 0.15) is 17.2 Å². The number of aromatic nitrogens is 1. The van der Waals surface area contributed by atoms with Gasteiger partial charge in [-0.2, -0.15) is 5.26 Å². The first-order valence-corrected chi connectivity index (χ1v) is 4.77. The van der Waals surface area contributed by atoms with Crippen LogP contribution in [0.15, 0.2) is 12.3 Å². The normalized spacial score (nSPS) is 11.9. The van der Waals surface area contributed by atoms with E-state index < -0.39 is 0 Å². The summed E-state index contributed by atoms with van der Waals surface area (Å²) in [7, 11) is 1.58. The maximum absolute atomic E-state index is 8.74. The molecule has 0 aliphatic carbocycles. The van der Waals surface area contributed by atoms with Crippen molar-refractivity contribution < 1.29 is 9.47 Å². The smallest absolute Gasteiger partial charge is 0.234 e. The van der Waals surface area contributed by atoms with Gasteiger partial charge in [0, 0.05) is 13.3 Å². The third-order valence-corrected chi connectivity index (χ3v) is 2.06. The minimum Gasteiger partial charge on any atom is -0.471 e. The molecule has 0 aliphatic heterocycles. The fourth-order valence-electron chi connectivity index (χ4n) is 1.05. The van der Waals surface area contributed by atoms with Gasteiger partial charge >= 0.3 is 0 Å². The Kier molecular flexibility index (Phi) is 4.35. The molecular weight excluding hydrogens is 216 g/mol. The molecule has 0 amide bonds. The van der Waals surface area contributed by atoms with E-state index >= 15 is 0 Å². The van der Waals surface area contributed by atoms with Crippen LogP contribution in [-0.4, -0.2) is 24.8 Å². The second kappa shape index (κ2) is 5.54. The Bertz CT molecular complexity index is 376. The van der Waals surface area contributed by atoms with Gasteiger partial charge in [0.15, 0.2) is 0 Å². The summed E-state index contributed by atoms with van der Waals surface area (Å²) < 4.78 is 10.3. The van der Waals surface area contributed by atoms with E-state index in [4.69, 9.17) is 26.3 Å².